The van der Waals surface area contributed by atoms with Crippen molar-refractivity contribution in [3.8, 4) is 0 Å². The summed E-state index contributed by atoms with van der Waals surface area (Å²) in [5.41, 5.74) is 1.75. The van der Waals surface area contributed by atoms with E-state index in [0.717, 1.165) is 35.3 Å². The van der Waals surface area contributed by atoms with Crippen molar-refractivity contribution in [3.05, 3.63) is 49.0 Å². The van der Waals surface area contributed by atoms with Crippen molar-refractivity contribution >= 4 is 0 Å². The van der Waals surface area contributed by atoms with Gasteiger partial charge < -0.3 is 18.7 Å². The van der Waals surface area contributed by atoms with Crippen molar-refractivity contribution in [2.75, 3.05) is 52.6 Å². The Kier molecular flexibility index (Phi) is 8.87. The molecule has 0 bridgehead atoms. The van der Waals surface area contributed by atoms with Gasteiger partial charge in [-0.05, 0) is 25.0 Å². The van der Waals surface area contributed by atoms with Crippen LogP contribution in [-0.4, -0.2) is 57.1 Å². The monoisotopic (exact) mass is 336 g/mol. The third-order valence-corrected chi connectivity index (χ3v) is 4.52. The first kappa shape index (κ1) is 20.5. The highest BCUT2D eigenvalue weighted by Crippen LogP contribution is 2.19. The van der Waals surface area contributed by atoms with Crippen molar-refractivity contribution in [1.82, 2.24) is 0 Å². The van der Waals surface area contributed by atoms with Crippen molar-refractivity contribution in [3.63, 3.8) is 0 Å². The first-order valence-electron chi connectivity index (χ1n) is 8.74. The molecule has 0 amide bonds. The first-order chi connectivity index (χ1) is 11.4. The lowest BCUT2D eigenvalue weighted by molar-refractivity contribution is -0.917. The number of nitrogens with zero attached hydrogens (tertiary/aromatic N) is 1. The van der Waals surface area contributed by atoms with Crippen LogP contribution in [-0.2, 0) is 14.2 Å². The lowest BCUT2D eigenvalue weighted by Crippen LogP contribution is -2.49. The Hall–Kier alpha value is -1.52. The molecule has 1 aliphatic heterocycles. The zero-order valence-electron chi connectivity index (χ0n) is 15.6. The van der Waals surface area contributed by atoms with Crippen LogP contribution in [0.5, 0.6) is 0 Å². The van der Waals surface area contributed by atoms with Crippen LogP contribution in [0, 0.1) is 0 Å². The molecular weight excluding hydrogens is 302 g/mol. The number of rotatable bonds is 13. The Labute approximate surface area is 147 Å². The minimum Gasteiger partial charge on any atom is -0.492 e. The van der Waals surface area contributed by atoms with E-state index < -0.39 is 0 Å². The second-order valence-electron chi connectivity index (χ2n) is 6.66. The molecule has 136 valence electrons. The van der Waals surface area contributed by atoms with Gasteiger partial charge in [-0.1, -0.05) is 26.3 Å². The molecule has 1 aliphatic rings. The predicted octanol–water partition coefficient (Wildman–Crippen LogP) is 3.83. The molecule has 0 N–H and O–H groups in total. The maximum Gasteiger partial charge on any atom is 0.137 e. The zero-order valence-corrected chi connectivity index (χ0v) is 15.6. The number of hydrogen-bond donors (Lipinski definition) is 0. The summed E-state index contributed by atoms with van der Waals surface area (Å²) in [6.45, 7) is 26.1. The maximum atomic E-state index is 5.73. The summed E-state index contributed by atoms with van der Waals surface area (Å²) in [5, 5.41) is 0. The van der Waals surface area contributed by atoms with Crippen LogP contribution < -0.4 is 0 Å². The van der Waals surface area contributed by atoms with Gasteiger partial charge in [0.25, 0.3) is 0 Å². The van der Waals surface area contributed by atoms with Crippen LogP contribution in [0.4, 0.5) is 0 Å². The van der Waals surface area contributed by atoms with Gasteiger partial charge in [0.2, 0.25) is 0 Å². The van der Waals surface area contributed by atoms with E-state index in [0.29, 0.717) is 31.3 Å². The molecule has 0 saturated carbocycles. The molecule has 1 heterocycles. The summed E-state index contributed by atoms with van der Waals surface area (Å²) >= 11 is 0. The molecule has 0 spiro atoms. The quantitative estimate of drug-likeness (QED) is 0.221. The normalized spacial score (nSPS) is 15.8. The van der Waals surface area contributed by atoms with Gasteiger partial charge in [-0.25, -0.2) is 0 Å². The highest BCUT2D eigenvalue weighted by atomic mass is 16.5. The number of allylic oxidation sites excluding steroid dienone is 2. The summed E-state index contributed by atoms with van der Waals surface area (Å²) < 4.78 is 18.0. The van der Waals surface area contributed by atoms with Gasteiger partial charge in [-0.3, -0.25) is 0 Å². The molecule has 0 aromatic carbocycles. The van der Waals surface area contributed by atoms with Gasteiger partial charge >= 0.3 is 0 Å². The van der Waals surface area contributed by atoms with E-state index in [1.807, 2.05) is 13.8 Å². The summed E-state index contributed by atoms with van der Waals surface area (Å²) in [6, 6.07) is 0. The molecule has 0 aromatic rings. The number of likely N-dealkylation sites (tertiary alicyclic amines) is 1. The SMILES string of the molecule is C=C(C)C(=C)OCCOCC[N+]1(CCOC(=C)C(=C)C)CCCC1. The highest BCUT2D eigenvalue weighted by molar-refractivity contribution is 5.16. The van der Waals surface area contributed by atoms with Crippen molar-refractivity contribution in [2.45, 2.75) is 26.7 Å². The molecule has 1 fully saturated rings. The maximum absolute atomic E-state index is 5.73. The van der Waals surface area contributed by atoms with Crippen LogP contribution in [0.1, 0.15) is 26.7 Å². The number of quaternary nitrogens is 1. The Morgan fingerprint density at radius 2 is 1.25 bits per heavy atom. The minimum absolute atomic E-state index is 0.521. The van der Waals surface area contributed by atoms with Gasteiger partial charge in [-0.2, -0.15) is 0 Å². The fraction of sp³-hybridized carbons (Fsp3) is 0.600. The lowest BCUT2D eigenvalue weighted by Gasteiger charge is -2.34. The van der Waals surface area contributed by atoms with Gasteiger partial charge in [0, 0.05) is 12.8 Å². The molecule has 0 aromatic heterocycles. The van der Waals surface area contributed by atoms with Crippen molar-refractivity contribution in [2.24, 2.45) is 0 Å². The van der Waals surface area contributed by atoms with E-state index >= 15 is 0 Å². The van der Waals surface area contributed by atoms with E-state index in [4.69, 9.17) is 14.2 Å². The summed E-state index contributed by atoms with van der Waals surface area (Å²) in [7, 11) is 0. The van der Waals surface area contributed by atoms with Crippen LogP contribution >= 0.6 is 0 Å². The highest BCUT2D eigenvalue weighted by Gasteiger charge is 2.31. The second-order valence-corrected chi connectivity index (χ2v) is 6.66. The van der Waals surface area contributed by atoms with Gasteiger partial charge in [0.1, 0.15) is 37.8 Å². The molecule has 4 heteroatoms. The second kappa shape index (κ2) is 10.4. The third-order valence-electron chi connectivity index (χ3n) is 4.52. The molecule has 0 radical (unpaired) electrons. The molecule has 0 unspecified atom stereocenters. The largest absolute Gasteiger partial charge is 0.492 e. The van der Waals surface area contributed by atoms with Crippen LogP contribution in [0.25, 0.3) is 0 Å². The van der Waals surface area contributed by atoms with Crippen molar-refractivity contribution < 1.29 is 18.7 Å². The number of hydrogen-bond acceptors (Lipinski definition) is 3. The summed E-state index contributed by atoms with van der Waals surface area (Å²) in [6.07, 6.45) is 2.56. The molecule has 24 heavy (non-hydrogen) atoms. The van der Waals surface area contributed by atoms with Gasteiger partial charge in [0.15, 0.2) is 0 Å². The molecule has 4 nitrogen and oxygen atoms in total. The van der Waals surface area contributed by atoms with E-state index in [9.17, 15) is 0 Å². The Morgan fingerprint density at radius 1 is 0.750 bits per heavy atom. The van der Waals surface area contributed by atoms with Crippen LogP contribution in [0.2, 0.25) is 0 Å². The standard InChI is InChI=1S/C20H34NO3/c1-17(2)19(5)23-14-12-21(9-7-8-10-21)11-13-22-15-16-24-20(6)18(3)4/h1,3,5-16H2,2,4H3/q+1. The molecule has 0 aliphatic carbocycles. The van der Waals surface area contributed by atoms with E-state index in [2.05, 4.69) is 26.3 Å². The van der Waals surface area contributed by atoms with Crippen LogP contribution in [0.15, 0.2) is 49.0 Å². The number of ether oxygens (including phenoxy) is 3. The van der Waals surface area contributed by atoms with Gasteiger partial charge in [0.05, 0.1) is 26.3 Å². The Balaban J connectivity index is 2.23. The summed E-state index contributed by atoms with van der Waals surface area (Å²) in [4.78, 5) is 0. The van der Waals surface area contributed by atoms with E-state index in [1.54, 1.807) is 0 Å². The average Bonchev–Trinajstić information content (AvgIpc) is 2.99. The third kappa shape index (κ3) is 7.37. The summed E-state index contributed by atoms with van der Waals surface area (Å²) in [5.74, 6) is 1.33. The molecule has 1 rings (SSSR count). The zero-order chi connectivity index (χ0) is 18.0. The lowest BCUT2D eigenvalue weighted by atomic mass is 10.3. The Morgan fingerprint density at radius 3 is 1.79 bits per heavy atom. The minimum atomic E-state index is 0.521. The molecule has 1 saturated heterocycles. The fourth-order valence-corrected chi connectivity index (χ4v) is 2.76. The fourth-order valence-electron chi connectivity index (χ4n) is 2.76. The van der Waals surface area contributed by atoms with Gasteiger partial charge in [-0.15, -0.1) is 0 Å². The molecule has 0 atom stereocenters. The topological polar surface area (TPSA) is 27.7 Å². The first-order valence-corrected chi connectivity index (χ1v) is 8.74. The van der Waals surface area contributed by atoms with E-state index in [-0.39, 0.29) is 0 Å². The Bertz CT molecular complexity index is 462. The molecular formula is C20H34NO3+. The smallest absolute Gasteiger partial charge is 0.137 e. The van der Waals surface area contributed by atoms with E-state index in [1.165, 1.54) is 25.9 Å². The predicted molar refractivity (Wildman–Crippen MR) is 99.6 cm³/mol. The van der Waals surface area contributed by atoms with Crippen molar-refractivity contribution in [1.29, 1.82) is 0 Å². The average molecular weight is 336 g/mol. The van der Waals surface area contributed by atoms with Crippen LogP contribution in [0.3, 0.4) is 0 Å².